The summed E-state index contributed by atoms with van der Waals surface area (Å²) in [5.41, 5.74) is 1.90. The van der Waals surface area contributed by atoms with E-state index in [0.717, 1.165) is 23.4 Å². The Balaban J connectivity index is 2.47. The van der Waals surface area contributed by atoms with Crippen molar-refractivity contribution in [2.45, 2.75) is 13.0 Å². The molecular weight excluding hydrogens is 277 g/mol. The first-order valence-corrected chi connectivity index (χ1v) is 6.85. The molecule has 0 radical (unpaired) electrons. The molecule has 1 atom stereocenters. The summed E-state index contributed by atoms with van der Waals surface area (Å²) >= 11 is 6.09. The van der Waals surface area contributed by atoms with Crippen molar-refractivity contribution in [2.24, 2.45) is 0 Å². The van der Waals surface area contributed by atoms with Gasteiger partial charge in [-0.3, -0.25) is 0 Å². The first-order valence-electron chi connectivity index (χ1n) is 6.48. The van der Waals surface area contributed by atoms with Gasteiger partial charge in [-0.15, -0.1) is 0 Å². The van der Waals surface area contributed by atoms with Gasteiger partial charge in [-0.2, -0.15) is 0 Å². The maximum atomic E-state index is 13.1. The van der Waals surface area contributed by atoms with Crippen molar-refractivity contribution < 1.29 is 9.13 Å². The highest BCUT2D eigenvalue weighted by atomic mass is 35.5. The Labute approximate surface area is 123 Å². The quantitative estimate of drug-likeness (QED) is 0.892. The number of methoxy groups -OCH3 is 1. The molecule has 0 bridgehead atoms. The van der Waals surface area contributed by atoms with Gasteiger partial charge in [-0.1, -0.05) is 30.7 Å². The monoisotopic (exact) mass is 293 g/mol. The first kappa shape index (κ1) is 14.8. The molecule has 2 aromatic carbocycles. The van der Waals surface area contributed by atoms with Crippen LogP contribution in [0.2, 0.25) is 5.02 Å². The van der Waals surface area contributed by atoms with E-state index in [1.54, 1.807) is 25.3 Å². The molecule has 0 aliphatic carbocycles. The highest BCUT2D eigenvalue weighted by Gasteiger charge is 2.17. The summed E-state index contributed by atoms with van der Waals surface area (Å²) in [6, 6.07) is 11.9. The molecule has 0 saturated heterocycles. The van der Waals surface area contributed by atoms with Gasteiger partial charge in [0.15, 0.2) is 0 Å². The molecule has 0 spiro atoms. The Morgan fingerprint density at radius 1 is 1.20 bits per heavy atom. The molecule has 0 heterocycles. The maximum absolute atomic E-state index is 13.1. The van der Waals surface area contributed by atoms with E-state index in [0.29, 0.717) is 5.02 Å². The second-order valence-corrected chi connectivity index (χ2v) is 4.86. The highest BCUT2D eigenvalue weighted by molar-refractivity contribution is 6.30. The zero-order chi connectivity index (χ0) is 14.5. The SMILES string of the molecule is CCNC(c1ccc(F)cc1)c1cc(Cl)ccc1OC. The van der Waals surface area contributed by atoms with Gasteiger partial charge in [0.2, 0.25) is 0 Å². The van der Waals surface area contributed by atoms with Gasteiger partial charge in [0.25, 0.3) is 0 Å². The number of rotatable bonds is 5. The van der Waals surface area contributed by atoms with Gasteiger partial charge in [0, 0.05) is 10.6 Å². The van der Waals surface area contributed by atoms with Crippen LogP contribution in [-0.2, 0) is 0 Å². The van der Waals surface area contributed by atoms with E-state index in [2.05, 4.69) is 5.32 Å². The molecular formula is C16H17ClFNO. The van der Waals surface area contributed by atoms with Gasteiger partial charge in [0.1, 0.15) is 11.6 Å². The molecule has 106 valence electrons. The lowest BCUT2D eigenvalue weighted by atomic mass is 9.97. The molecule has 2 aromatic rings. The van der Waals surface area contributed by atoms with Crippen LogP contribution in [0.25, 0.3) is 0 Å². The fraction of sp³-hybridized carbons (Fsp3) is 0.250. The second-order valence-electron chi connectivity index (χ2n) is 4.43. The summed E-state index contributed by atoms with van der Waals surface area (Å²) in [6.45, 7) is 2.80. The van der Waals surface area contributed by atoms with Crippen molar-refractivity contribution in [1.29, 1.82) is 0 Å². The minimum Gasteiger partial charge on any atom is -0.496 e. The predicted octanol–water partition coefficient (Wildman–Crippen LogP) is 4.19. The number of hydrogen-bond donors (Lipinski definition) is 1. The molecule has 0 amide bonds. The van der Waals surface area contributed by atoms with Crippen LogP contribution in [0.3, 0.4) is 0 Å². The van der Waals surface area contributed by atoms with E-state index >= 15 is 0 Å². The predicted molar refractivity (Wildman–Crippen MR) is 79.9 cm³/mol. The van der Waals surface area contributed by atoms with Crippen LogP contribution in [0.4, 0.5) is 4.39 Å². The third-order valence-electron chi connectivity index (χ3n) is 3.11. The number of halogens is 2. The molecule has 0 aliphatic rings. The summed E-state index contributed by atoms with van der Waals surface area (Å²) < 4.78 is 18.5. The number of ether oxygens (including phenoxy) is 1. The van der Waals surface area contributed by atoms with Crippen molar-refractivity contribution in [1.82, 2.24) is 5.32 Å². The van der Waals surface area contributed by atoms with Crippen LogP contribution in [0.5, 0.6) is 5.75 Å². The van der Waals surface area contributed by atoms with Gasteiger partial charge >= 0.3 is 0 Å². The maximum Gasteiger partial charge on any atom is 0.124 e. The normalized spacial score (nSPS) is 12.2. The lowest BCUT2D eigenvalue weighted by Gasteiger charge is -2.21. The Morgan fingerprint density at radius 3 is 2.50 bits per heavy atom. The molecule has 4 heteroatoms. The van der Waals surface area contributed by atoms with Crippen LogP contribution < -0.4 is 10.1 Å². The molecule has 2 nitrogen and oxygen atoms in total. The van der Waals surface area contributed by atoms with Crippen molar-refractivity contribution in [3.63, 3.8) is 0 Å². The van der Waals surface area contributed by atoms with Crippen LogP contribution >= 0.6 is 11.6 Å². The molecule has 0 fully saturated rings. The number of nitrogens with one attached hydrogen (secondary N) is 1. The van der Waals surface area contributed by atoms with Crippen molar-refractivity contribution in [2.75, 3.05) is 13.7 Å². The van der Waals surface area contributed by atoms with E-state index in [1.807, 2.05) is 19.1 Å². The summed E-state index contributed by atoms with van der Waals surface area (Å²) in [4.78, 5) is 0. The molecule has 0 saturated carbocycles. The van der Waals surface area contributed by atoms with E-state index in [1.165, 1.54) is 12.1 Å². The first-order chi connectivity index (χ1) is 9.65. The van der Waals surface area contributed by atoms with Crippen molar-refractivity contribution in [3.8, 4) is 5.75 Å². The largest absolute Gasteiger partial charge is 0.496 e. The van der Waals surface area contributed by atoms with Crippen LogP contribution in [0.15, 0.2) is 42.5 Å². The zero-order valence-electron chi connectivity index (χ0n) is 11.5. The topological polar surface area (TPSA) is 21.3 Å². The van der Waals surface area contributed by atoms with Crippen LogP contribution in [-0.4, -0.2) is 13.7 Å². The summed E-state index contributed by atoms with van der Waals surface area (Å²) in [7, 11) is 1.63. The highest BCUT2D eigenvalue weighted by Crippen LogP contribution is 2.32. The third-order valence-corrected chi connectivity index (χ3v) is 3.35. The van der Waals surface area contributed by atoms with E-state index < -0.39 is 0 Å². The minimum absolute atomic E-state index is 0.0887. The van der Waals surface area contributed by atoms with Crippen molar-refractivity contribution in [3.05, 3.63) is 64.4 Å². The average Bonchev–Trinajstić information content (AvgIpc) is 2.46. The second kappa shape index (κ2) is 6.73. The number of benzene rings is 2. The van der Waals surface area contributed by atoms with Gasteiger partial charge < -0.3 is 10.1 Å². The lowest BCUT2D eigenvalue weighted by molar-refractivity contribution is 0.404. The fourth-order valence-corrected chi connectivity index (χ4v) is 2.38. The molecule has 2 rings (SSSR count). The van der Waals surface area contributed by atoms with E-state index in [9.17, 15) is 4.39 Å². The van der Waals surface area contributed by atoms with Gasteiger partial charge in [-0.05, 0) is 42.4 Å². The third kappa shape index (κ3) is 3.30. The average molecular weight is 294 g/mol. The Hall–Kier alpha value is -1.58. The van der Waals surface area contributed by atoms with Crippen LogP contribution in [0.1, 0.15) is 24.1 Å². The van der Waals surface area contributed by atoms with E-state index in [4.69, 9.17) is 16.3 Å². The lowest BCUT2D eigenvalue weighted by Crippen LogP contribution is -2.22. The molecule has 1 N–H and O–H groups in total. The van der Waals surface area contributed by atoms with Crippen molar-refractivity contribution >= 4 is 11.6 Å². The summed E-state index contributed by atoms with van der Waals surface area (Å²) in [5, 5.41) is 4.02. The summed E-state index contributed by atoms with van der Waals surface area (Å²) in [6.07, 6.45) is 0. The molecule has 0 aromatic heterocycles. The molecule has 0 aliphatic heterocycles. The Kier molecular flexibility index (Phi) is 4.99. The number of hydrogen-bond acceptors (Lipinski definition) is 2. The smallest absolute Gasteiger partial charge is 0.124 e. The molecule has 20 heavy (non-hydrogen) atoms. The minimum atomic E-state index is -0.248. The van der Waals surface area contributed by atoms with Gasteiger partial charge in [-0.25, -0.2) is 4.39 Å². The standard InChI is InChI=1S/C16H17ClFNO/c1-3-19-16(11-4-7-13(18)8-5-11)14-10-12(17)6-9-15(14)20-2/h4-10,16,19H,3H2,1-2H3. The Bertz CT molecular complexity index is 571. The van der Waals surface area contributed by atoms with E-state index in [-0.39, 0.29) is 11.9 Å². The Morgan fingerprint density at radius 2 is 1.90 bits per heavy atom. The summed E-state index contributed by atoms with van der Waals surface area (Å²) in [5.74, 6) is 0.506. The van der Waals surface area contributed by atoms with Crippen LogP contribution in [0, 0.1) is 5.82 Å². The zero-order valence-corrected chi connectivity index (χ0v) is 12.2. The van der Waals surface area contributed by atoms with Gasteiger partial charge in [0.05, 0.1) is 13.2 Å². The molecule has 1 unspecified atom stereocenters. The fourth-order valence-electron chi connectivity index (χ4n) is 2.20.